The Morgan fingerprint density at radius 1 is 1.20 bits per heavy atom. The lowest BCUT2D eigenvalue weighted by molar-refractivity contribution is 1.15. The molecule has 2 rings (SSSR count). The molecule has 2 N–H and O–H groups in total. The molecule has 0 aliphatic heterocycles. The average molecular weight is 241 g/mol. The number of anilines is 1. The van der Waals surface area contributed by atoms with Gasteiger partial charge in [-0.2, -0.15) is 0 Å². The molecule has 0 aliphatic rings. The minimum absolute atomic E-state index is 0.565. The highest BCUT2D eigenvalue weighted by Crippen LogP contribution is 2.29. The number of aromatic amines is 1. The zero-order chi connectivity index (χ0) is 10.7. The summed E-state index contributed by atoms with van der Waals surface area (Å²) in [5, 5.41) is 4.35. The van der Waals surface area contributed by atoms with Crippen LogP contribution in [0.1, 0.15) is 5.56 Å². The van der Waals surface area contributed by atoms with Crippen LogP contribution in [0.4, 0.5) is 5.69 Å². The summed E-state index contributed by atoms with van der Waals surface area (Å²) < 4.78 is 0. The van der Waals surface area contributed by atoms with Crippen LogP contribution in [0.15, 0.2) is 36.7 Å². The molecule has 0 aliphatic carbocycles. The molecule has 0 atom stereocenters. The number of aromatic nitrogens is 1. The van der Waals surface area contributed by atoms with Gasteiger partial charge in [0.15, 0.2) is 0 Å². The fraction of sp³-hybridized carbons (Fsp3) is 0.0909. The first-order valence-corrected chi connectivity index (χ1v) is 5.32. The van der Waals surface area contributed by atoms with Crippen LogP contribution in [-0.2, 0) is 6.54 Å². The Morgan fingerprint density at radius 2 is 2.07 bits per heavy atom. The van der Waals surface area contributed by atoms with Crippen molar-refractivity contribution in [1.29, 1.82) is 0 Å². The van der Waals surface area contributed by atoms with Crippen molar-refractivity contribution in [3.05, 3.63) is 52.3 Å². The van der Waals surface area contributed by atoms with E-state index >= 15 is 0 Å². The molecule has 2 nitrogen and oxygen atoms in total. The van der Waals surface area contributed by atoms with Gasteiger partial charge in [-0.25, -0.2) is 0 Å². The van der Waals surface area contributed by atoms with Gasteiger partial charge in [0.2, 0.25) is 0 Å². The Balaban J connectivity index is 2.08. The van der Waals surface area contributed by atoms with Gasteiger partial charge in [-0.15, -0.1) is 0 Å². The van der Waals surface area contributed by atoms with Crippen molar-refractivity contribution in [3.63, 3.8) is 0 Å². The second-order valence-corrected chi connectivity index (χ2v) is 3.96. The molecule has 0 saturated carbocycles. The maximum atomic E-state index is 6.03. The van der Waals surface area contributed by atoms with Gasteiger partial charge in [-0.05, 0) is 23.8 Å². The van der Waals surface area contributed by atoms with Crippen molar-refractivity contribution in [2.45, 2.75) is 6.54 Å². The molecule has 0 unspecified atom stereocenters. The Morgan fingerprint density at radius 3 is 2.80 bits per heavy atom. The van der Waals surface area contributed by atoms with Crippen LogP contribution in [0.25, 0.3) is 0 Å². The topological polar surface area (TPSA) is 27.8 Å². The van der Waals surface area contributed by atoms with Crippen LogP contribution in [0.2, 0.25) is 10.0 Å². The predicted octanol–water partition coefficient (Wildman–Crippen LogP) is 3.93. The molecule has 1 heterocycles. The summed E-state index contributed by atoms with van der Waals surface area (Å²) in [5.41, 5.74) is 2.02. The molecule has 0 fully saturated rings. The molecular weight excluding hydrogens is 231 g/mol. The van der Waals surface area contributed by atoms with Gasteiger partial charge >= 0.3 is 0 Å². The molecule has 78 valence electrons. The third kappa shape index (κ3) is 2.46. The number of hydrogen-bond donors (Lipinski definition) is 2. The van der Waals surface area contributed by atoms with Gasteiger partial charge in [0.05, 0.1) is 15.7 Å². The zero-order valence-electron chi connectivity index (χ0n) is 7.93. The van der Waals surface area contributed by atoms with Crippen LogP contribution in [0.5, 0.6) is 0 Å². The lowest BCUT2D eigenvalue weighted by Crippen LogP contribution is -1.98. The fourth-order valence-electron chi connectivity index (χ4n) is 1.31. The highest BCUT2D eigenvalue weighted by atomic mass is 35.5. The second kappa shape index (κ2) is 4.60. The number of rotatable bonds is 3. The van der Waals surface area contributed by atoms with E-state index in [0.29, 0.717) is 10.0 Å². The standard InChI is InChI=1S/C11H10Cl2N2/c12-9-2-1-3-10(11(9)13)15-7-8-4-5-14-6-8/h1-6,14-15H,7H2. The minimum atomic E-state index is 0.565. The zero-order valence-corrected chi connectivity index (χ0v) is 9.44. The van der Waals surface area contributed by atoms with E-state index in [9.17, 15) is 0 Å². The van der Waals surface area contributed by atoms with Gasteiger partial charge in [0, 0.05) is 18.9 Å². The summed E-state index contributed by atoms with van der Waals surface area (Å²) >= 11 is 11.9. The van der Waals surface area contributed by atoms with Crippen LogP contribution in [0, 0.1) is 0 Å². The number of benzene rings is 1. The molecule has 15 heavy (non-hydrogen) atoms. The highest BCUT2D eigenvalue weighted by Gasteiger charge is 2.03. The first kappa shape index (κ1) is 10.4. The molecule has 4 heteroatoms. The van der Waals surface area contributed by atoms with Crippen molar-refractivity contribution < 1.29 is 0 Å². The maximum Gasteiger partial charge on any atom is 0.0823 e. The van der Waals surface area contributed by atoms with Crippen molar-refractivity contribution in [2.24, 2.45) is 0 Å². The normalized spacial score (nSPS) is 10.3. The molecule has 0 amide bonds. The first-order valence-electron chi connectivity index (χ1n) is 4.57. The van der Waals surface area contributed by atoms with E-state index in [1.165, 1.54) is 5.56 Å². The summed E-state index contributed by atoms with van der Waals surface area (Å²) in [6, 6.07) is 7.55. The number of hydrogen-bond acceptors (Lipinski definition) is 1. The van der Waals surface area contributed by atoms with Crippen LogP contribution in [-0.4, -0.2) is 4.98 Å². The largest absolute Gasteiger partial charge is 0.380 e. The third-order valence-corrected chi connectivity index (χ3v) is 2.92. The minimum Gasteiger partial charge on any atom is -0.380 e. The summed E-state index contributed by atoms with van der Waals surface area (Å²) in [4.78, 5) is 2.99. The van der Waals surface area contributed by atoms with Crippen molar-refractivity contribution in [2.75, 3.05) is 5.32 Å². The van der Waals surface area contributed by atoms with E-state index in [4.69, 9.17) is 23.2 Å². The number of nitrogens with one attached hydrogen (secondary N) is 2. The maximum absolute atomic E-state index is 6.03. The number of halogens is 2. The van der Waals surface area contributed by atoms with Crippen LogP contribution >= 0.6 is 23.2 Å². The molecule has 0 spiro atoms. The third-order valence-electron chi connectivity index (χ3n) is 2.10. The second-order valence-electron chi connectivity index (χ2n) is 3.17. The summed E-state index contributed by atoms with van der Waals surface area (Å²) in [5.74, 6) is 0. The van der Waals surface area contributed by atoms with E-state index in [1.54, 1.807) is 6.07 Å². The van der Waals surface area contributed by atoms with Crippen LogP contribution in [0.3, 0.4) is 0 Å². The molecular formula is C11H10Cl2N2. The first-order chi connectivity index (χ1) is 7.27. The molecule has 0 radical (unpaired) electrons. The van der Waals surface area contributed by atoms with Gasteiger partial charge in [0.25, 0.3) is 0 Å². The monoisotopic (exact) mass is 240 g/mol. The van der Waals surface area contributed by atoms with E-state index in [0.717, 1.165) is 12.2 Å². The van der Waals surface area contributed by atoms with Crippen LogP contribution < -0.4 is 5.32 Å². The quantitative estimate of drug-likeness (QED) is 0.836. The van der Waals surface area contributed by atoms with E-state index in [2.05, 4.69) is 10.3 Å². The average Bonchev–Trinajstić information content (AvgIpc) is 2.73. The molecule has 2 aromatic rings. The van der Waals surface area contributed by atoms with Crippen molar-refractivity contribution >= 4 is 28.9 Å². The van der Waals surface area contributed by atoms with Crippen molar-refractivity contribution in [3.8, 4) is 0 Å². The van der Waals surface area contributed by atoms with Crippen molar-refractivity contribution in [1.82, 2.24) is 4.98 Å². The Kier molecular flexibility index (Phi) is 3.19. The Labute approximate surface area is 98.2 Å². The summed E-state index contributed by atoms with van der Waals surface area (Å²) in [6.07, 6.45) is 3.82. The fourth-order valence-corrected chi connectivity index (χ4v) is 1.67. The summed E-state index contributed by atoms with van der Waals surface area (Å²) in [6.45, 7) is 0.726. The Bertz CT molecular complexity index is 438. The highest BCUT2D eigenvalue weighted by molar-refractivity contribution is 6.43. The number of H-pyrrole nitrogens is 1. The predicted molar refractivity (Wildman–Crippen MR) is 64.6 cm³/mol. The van der Waals surface area contributed by atoms with Gasteiger partial charge in [-0.1, -0.05) is 29.3 Å². The molecule has 0 bridgehead atoms. The summed E-state index contributed by atoms with van der Waals surface area (Å²) in [7, 11) is 0. The molecule has 0 saturated heterocycles. The molecule has 1 aromatic carbocycles. The van der Waals surface area contributed by atoms with Gasteiger partial charge in [-0.3, -0.25) is 0 Å². The molecule has 1 aromatic heterocycles. The Hall–Kier alpha value is -1.12. The van der Waals surface area contributed by atoms with E-state index in [1.807, 2.05) is 30.6 Å². The van der Waals surface area contributed by atoms with Gasteiger partial charge < -0.3 is 10.3 Å². The lowest BCUT2D eigenvalue weighted by Gasteiger charge is -2.07. The van der Waals surface area contributed by atoms with Gasteiger partial charge in [0.1, 0.15) is 0 Å². The smallest absolute Gasteiger partial charge is 0.0823 e. The van der Waals surface area contributed by atoms with E-state index in [-0.39, 0.29) is 0 Å². The lowest BCUT2D eigenvalue weighted by atomic mass is 10.3. The SMILES string of the molecule is Clc1cccc(NCc2cc[nH]c2)c1Cl. The van der Waals surface area contributed by atoms with E-state index < -0.39 is 0 Å².